The Hall–Kier alpha value is -0.820. The molecule has 0 amide bonds. The maximum Gasteiger partial charge on any atom is 0.0462 e. The van der Waals surface area contributed by atoms with Gasteiger partial charge < -0.3 is 4.74 Å². The van der Waals surface area contributed by atoms with E-state index in [4.69, 9.17) is 4.74 Å². The van der Waals surface area contributed by atoms with Crippen LogP contribution < -0.4 is 0 Å². The second-order valence-electron chi connectivity index (χ2n) is 4.15. The Morgan fingerprint density at radius 1 is 1.00 bits per heavy atom. The van der Waals surface area contributed by atoms with Gasteiger partial charge in [-0.05, 0) is 31.7 Å². The van der Waals surface area contributed by atoms with Gasteiger partial charge in [-0.3, -0.25) is 0 Å². The van der Waals surface area contributed by atoms with E-state index in [1.165, 1.54) is 43.2 Å². The highest BCUT2D eigenvalue weighted by Gasteiger charge is 1.94. The van der Waals surface area contributed by atoms with Crippen molar-refractivity contribution in [1.82, 2.24) is 0 Å². The lowest BCUT2D eigenvalue weighted by Crippen LogP contribution is -1.90. The van der Waals surface area contributed by atoms with Gasteiger partial charge in [0.25, 0.3) is 0 Å². The fraction of sp³-hybridized carbons (Fsp3) is 0.625. The summed E-state index contributed by atoms with van der Waals surface area (Å²) in [5.41, 5.74) is 2.84. The highest BCUT2D eigenvalue weighted by molar-refractivity contribution is 5.22. The Morgan fingerprint density at radius 3 is 2.35 bits per heavy atom. The summed E-state index contributed by atoms with van der Waals surface area (Å²) in [4.78, 5) is 0. The number of aryl methyl sites for hydroxylation is 2. The number of hydrogen-bond donors (Lipinski definition) is 0. The Morgan fingerprint density at radius 2 is 1.71 bits per heavy atom. The third-order valence-electron chi connectivity index (χ3n) is 2.65. The molecule has 98 valence electrons. The van der Waals surface area contributed by atoms with E-state index in [0.29, 0.717) is 0 Å². The lowest BCUT2D eigenvalue weighted by atomic mass is 10.0. The number of hydrogen-bond acceptors (Lipinski definition) is 1. The van der Waals surface area contributed by atoms with Crippen LogP contribution in [-0.4, -0.2) is 13.7 Å². The largest absolute Gasteiger partial charge is 0.385 e. The molecule has 0 fully saturated rings. The highest BCUT2D eigenvalue weighted by atomic mass is 16.5. The number of benzene rings is 1. The Bertz CT molecular complexity index is 268. The van der Waals surface area contributed by atoms with Gasteiger partial charge in [0.05, 0.1) is 0 Å². The highest BCUT2D eigenvalue weighted by Crippen LogP contribution is 2.09. The maximum atomic E-state index is 5.02. The van der Waals surface area contributed by atoms with Crippen molar-refractivity contribution < 1.29 is 4.74 Å². The number of rotatable bonds is 7. The van der Waals surface area contributed by atoms with Gasteiger partial charge >= 0.3 is 0 Å². The van der Waals surface area contributed by atoms with Gasteiger partial charge in [-0.15, -0.1) is 0 Å². The van der Waals surface area contributed by atoms with Crippen LogP contribution in [0, 0.1) is 6.92 Å². The minimum absolute atomic E-state index is 0.907. The minimum Gasteiger partial charge on any atom is -0.385 e. The summed E-state index contributed by atoms with van der Waals surface area (Å²) < 4.78 is 5.02. The SMILES string of the molecule is CC.COCCCCCCc1cccc(C)c1. The molecule has 0 N–H and O–H groups in total. The van der Waals surface area contributed by atoms with E-state index in [0.717, 1.165) is 6.61 Å². The van der Waals surface area contributed by atoms with Crippen molar-refractivity contribution in [2.24, 2.45) is 0 Å². The first-order valence-corrected chi connectivity index (χ1v) is 6.87. The van der Waals surface area contributed by atoms with Gasteiger partial charge in [-0.1, -0.05) is 56.5 Å². The molecule has 0 aliphatic rings. The second kappa shape index (κ2) is 11.7. The van der Waals surface area contributed by atoms with Crippen LogP contribution >= 0.6 is 0 Å². The van der Waals surface area contributed by atoms with Gasteiger partial charge in [-0.2, -0.15) is 0 Å². The molecule has 0 heterocycles. The van der Waals surface area contributed by atoms with Gasteiger partial charge in [0.15, 0.2) is 0 Å². The van der Waals surface area contributed by atoms with E-state index in [1.54, 1.807) is 7.11 Å². The molecule has 1 nitrogen and oxygen atoms in total. The fourth-order valence-electron chi connectivity index (χ4n) is 1.80. The van der Waals surface area contributed by atoms with Crippen molar-refractivity contribution in [3.05, 3.63) is 35.4 Å². The van der Waals surface area contributed by atoms with Crippen LogP contribution in [0.25, 0.3) is 0 Å². The van der Waals surface area contributed by atoms with Gasteiger partial charge in [0, 0.05) is 13.7 Å². The normalized spacial score (nSPS) is 9.65. The summed E-state index contributed by atoms with van der Waals surface area (Å²) in [5, 5.41) is 0. The van der Waals surface area contributed by atoms with Crippen LogP contribution in [0.1, 0.15) is 50.7 Å². The van der Waals surface area contributed by atoms with Gasteiger partial charge in [0.1, 0.15) is 0 Å². The average Bonchev–Trinajstić information content (AvgIpc) is 2.36. The molecule has 0 aromatic heterocycles. The lowest BCUT2D eigenvalue weighted by molar-refractivity contribution is 0.192. The molecule has 1 heteroatoms. The van der Waals surface area contributed by atoms with E-state index in [2.05, 4.69) is 31.2 Å². The van der Waals surface area contributed by atoms with Crippen LogP contribution in [0.15, 0.2) is 24.3 Å². The summed E-state index contributed by atoms with van der Waals surface area (Å²) in [6.07, 6.45) is 6.32. The van der Waals surface area contributed by atoms with Crippen molar-refractivity contribution in [2.75, 3.05) is 13.7 Å². The number of ether oxygens (including phenoxy) is 1. The molecular formula is C16H28O. The van der Waals surface area contributed by atoms with Crippen molar-refractivity contribution in [3.8, 4) is 0 Å². The van der Waals surface area contributed by atoms with Crippen LogP contribution in [0.5, 0.6) is 0 Å². The van der Waals surface area contributed by atoms with E-state index >= 15 is 0 Å². The molecule has 1 rings (SSSR count). The molecule has 0 spiro atoms. The first-order chi connectivity index (χ1) is 8.33. The van der Waals surface area contributed by atoms with Gasteiger partial charge in [0.2, 0.25) is 0 Å². The molecule has 17 heavy (non-hydrogen) atoms. The molecule has 0 aliphatic carbocycles. The summed E-state index contributed by atoms with van der Waals surface area (Å²) >= 11 is 0. The molecule has 0 atom stereocenters. The molecule has 0 saturated carbocycles. The molecular weight excluding hydrogens is 208 g/mol. The van der Waals surface area contributed by atoms with E-state index in [9.17, 15) is 0 Å². The van der Waals surface area contributed by atoms with Crippen molar-refractivity contribution in [1.29, 1.82) is 0 Å². The zero-order chi connectivity index (χ0) is 12.9. The molecule has 0 aliphatic heterocycles. The lowest BCUT2D eigenvalue weighted by Gasteiger charge is -2.03. The van der Waals surface area contributed by atoms with E-state index in [1.807, 2.05) is 13.8 Å². The van der Waals surface area contributed by atoms with Crippen molar-refractivity contribution in [2.45, 2.75) is 52.9 Å². The number of methoxy groups -OCH3 is 1. The third kappa shape index (κ3) is 8.93. The molecule has 0 radical (unpaired) electrons. The second-order valence-corrected chi connectivity index (χ2v) is 4.15. The fourth-order valence-corrected chi connectivity index (χ4v) is 1.80. The molecule has 0 bridgehead atoms. The van der Waals surface area contributed by atoms with Gasteiger partial charge in [-0.25, -0.2) is 0 Å². The molecule has 0 saturated heterocycles. The molecule has 0 unspecified atom stereocenters. The first-order valence-electron chi connectivity index (χ1n) is 6.87. The van der Waals surface area contributed by atoms with E-state index < -0.39 is 0 Å². The van der Waals surface area contributed by atoms with Crippen molar-refractivity contribution >= 4 is 0 Å². The zero-order valence-corrected chi connectivity index (χ0v) is 12.0. The Balaban J connectivity index is 0.00000121. The van der Waals surface area contributed by atoms with Crippen LogP contribution in [0.4, 0.5) is 0 Å². The maximum absolute atomic E-state index is 5.02. The predicted octanol–water partition coefficient (Wildman–Crippen LogP) is 4.77. The van der Waals surface area contributed by atoms with Crippen molar-refractivity contribution in [3.63, 3.8) is 0 Å². The molecule has 1 aromatic rings. The topological polar surface area (TPSA) is 9.23 Å². The van der Waals surface area contributed by atoms with Crippen LogP contribution in [0.2, 0.25) is 0 Å². The average molecular weight is 236 g/mol. The summed E-state index contributed by atoms with van der Waals surface area (Å²) in [5.74, 6) is 0. The minimum atomic E-state index is 0.907. The smallest absolute Gasteiger partial charge is 0.0462 e. The van der Waals surface area contributed by atoms with Crippen LogP contribution in [-0.2, 0) is 11.2 Å². The first kappa shape index (κ1) is 16.2. The summed E-state index contributed by atoms with van der Waals surface area (Å²) in [6.45, 7) is 7.06. The summed E-state index contributed by atoms with van der Waals surface area (Å²) in [6, 6.07) is 8.81. The Kier molecular flexibility index (Phi) is 11.1. The van der Waals surface area contributed by atoms with Crippen LogP contribution in [0.3, 0.4) is 0 Å². The standard InChI is InChI=1S/C14H22O.C2H6/c1-13-8-7-10-14(12-13)9-5-3-4-6-11-15-2;1-2/h7-8,10,12H,3-6,9,11H2,1-2H3;1-2H3. The Labute approximate surface area is 107 Å². The third-order valence-corrected chi connectivity index (χ3v) is 2.65. The zero-order valence-electron chi connectivity index (χ0n) is 12.0. The van der Waals surface area contributed by atoms with E-state index in [-0.39, 0.29) is 0 Å². The quantitative estimate of drug-likeness (QED) is 0.620. The monoisotopic (exact) mass is 236 g/mol. The number of unbranched alkanes of at least 4 members (excludes halogenated alkanes) is 3. The summed E-state index contributed by atoms with van der Waals surface area (Å²) in [7, 11) is 1.77. The molecule has 1 aromatic carbocycles. The predicted molar refractivity (Wildman–Crippen MR) is 76.6 cm³/mol.